The number of aromatic nitrogens is 1. The van der Waals surface area contributed by atoms with E-state index in [1.54, 1.807) is 6.20 Å². The van der Waals surface area contributed by atoms with E-state index in [1.165, 1.54) is 5.56 Å². The summed E-state index contributed by atoms with van der Waals surface area (Å²) in [7, 11) is 0. The fourth-order valence-corrected chi connectivity index (χ4v) is 2.10. The summed E-state index contributed by atoms with van der Waals surface area (Å²) < 4.78 is 0. The van der Waals surface area contributed by atoms with Gasteiger partial charge in [-0.05, 0) is 24.1 Å². The van der Waals surface area contributed by atoms with E-state index in [4.69, 9.17) is 11.1 Å². The molecule has 0 saturated carbocycles. The fraction of sp³-hybridized carbons (Fsp3) is 0.250. The largest absolute Gasteiger partial charge is 0.397 e. The monoisotopic (exact) mass is 253 g/mol. The smallest absolute Gasteiger partial charge is 0.0501 e. The van der Waals surface area contributed by atoms with Gasteiger partial charge < -0.3 is 11.1 Å². The van der Waals surface area contributed by atoms with Crippen molar-refractivity contribution in [1.82, 2.24) is 4.98 Å². The topological polar surface area (TPSA) is 62.8 Å². The minimum Gasteiger partial charge on any atom is -0.397 e. The van der Waals surface area contributed by atoms with E-state index >= 15 is 0 Å². The Morgan fingerprint density at radius 1 is 1.21 bits per heavy atom. The number of nitrogens with zero attached hydrogens (tertiary/aromatic N) is 1. The molecule has 0 amide bonds. The zero-order valence-corrected chi connectivity index (χ0v) is 11.1. The van der Waals surface area contributed by atoms with Crippen LogP contribution in [0.1, 0.15) is 30.5 Å². The highest BCUT2D eigenvalue weighted by Crippen LogP contribution is 2.19. The van der Waals surface area contributed by atoms with Gasteiger partial charge in [-0.2, -0.15) is 0 Å². The van der Waals surface area contributed by atoms with Crippen LogP contribution in [-0.2, 0) is 6.42 Å². The first-order valence-electron chi connectivity index (χ1n) is 6.47. The molecule has 0 spiro atoms. The summed E-state index contributed by atoms with van der Waals surface area (Å²) in [6.07, 6.45) is 3.11. The van der Waals surface area contributed by atoms with E-state index in [0.717, 1.165) is 17.8 Å². The molecule has 1 heterocycles. The third-order valence-electron chi connectivity index (χ3n) is 3.13. The van der Waals surface area contributed by atoms with Gasteiger partial charge >= 0.3 is 0 Å². The summed E-state index contributed by atoms with van der Waals surface area (Å²) in [5.74, 6) is 0.247. The molecular weight excluding hydrogens is 234 g/mol. The first kappa shape index (κ1) is 13.3. The minimum absolute atomic E-state index is 0.247. The first-order valence-corrected chi connectivity index (χ1v) is 6.47. The molecule has 2 rings (SSSR count). The number of hydrogen-bond donors (Lipinski definition) is 2. The standard InChI is InChI=1S/C16H19N3/c1-12(16-8-7-14(17)11-19-16)9-15(18)10-13-5-3-2-4-6-13/h2-8,11-12,18H,9-10,17H2,1H3. The number of nitrogen functional groups attached to an aromatic ring is 1. The Morgan fingerprint density at radius 2 is 1.95 bits per heavy atom. The van der Waals surface area contributed by atoms with Gasteiger partial charge in [-0.1, -0.05) is 37.3 Å². The van der Waals surface area contributed by atoms with Crippen molar-refractivity contribution in [3.05, 3.63) is 59.9 Å². The van der Waals surface area contributed by atoms with Crippen molar-refractivity contribution in [3.63, 3.8) is 0 Å². The van der Waals surface area contributed by atoms with Crippen LogP contribution >= 0.6 is 0 Å². The van der Waals surface area contributed by atoms with E-state index < -0.39 is 0 Å². The molecule has 1 aromatic carbocycles. The summed E-state index contributed by atoms with van der Waals surface area (Å²) in [4.78, 5) is 4.32. The average Bonchev–Trinajstić information content (AvgIpc) is 2.40. The van der Waals surface area contributed by atoms with Crippen LogP contribution in [0.3, 0.4) is 0 Å². The third kappa shape index (κ3) is 3.91. The molecule has 0 bridgehead atoms. The predicted molar refractivity (Wildman–Crippen MR) is 79.6 cm³/mol. The fourth-order valence-electron chi connectivity index (χ4n) is 2.10. The number of hydrogen-bond acceptors (Lipinski definition) is 3. The normalized spacial score (nSPS) is 12.1. The maximum Gasteiger partial charge on any atom is 0.0501 e. The molecule has 0 aliphatic heterocycles. The lowest BCUT2D eigenvalue weighted by molar-refractivity contribution is 0.762. The summed E-state index contributed by atoms with van der Waals surface area (Å²) in [5, 5.41) is 8.10. The summed E-state index contributed by atoms with van der Waals surface area (Å²) in [6, 6.07) is 13.9. The van der Waals surface area contributed by atoms with Crippen LogP contribution in [0.5, 0.6) is 0 Å². The van der Waals surface area contributed by atoms with Crippen LogP contribution in [0.2, 0.25) is 0 Å². The molecule has 0 radical (unpaired) electrons. The molecule has 3 N–H and O–H groups in total. The second-order valence-electron chi connectivity index (χ2n) is 4.89. The Morgan fingerprint density at radius 3 is 2.58 bits per heavy atom. The number of benzene rings is 1. The van der Waals surface area contributed by atoms with Gasteiger partial charge in [-0.15, -0.1) is 0 Å². The van der Waals surface area contributed by atoms with Crippen LogP contribution in [0.15, 0.2) is 48.7 Å². The summed E-state index contributed by atoms with van der Waals surface area (Å²) in [6.45, 7) is 2.10. The lowest BCUT2D eigenvalue weighted by atomic mass is 9.96. The molecule has 98 valence electrons. The quantitative estimate of drug-likeness (QED) is 0.802. The van der Waals surface area contributed by atoms with Gasteiger partial charge in [0.2, 0.25) is 0 Å². The van der Waals surface area contributed by atoms with Crippen molar-refractivity contribution in [1.29, 1.82) is 5.41 Å². The molecular formula is C16H19N3. The van der Waals surface area contributed by atoms with E-state index in [0.29, 0.717) is 12.1 Å². The number of rotatable bonds is 5. The molecule has 2 aromatic rings. The third-order valence-corrected chi connectivity index (χ3v) is 3.13. The highest BCUT2D eigenvalue weighted by molar-refractivity contribution is 5.84. The zero-order valence-electron chi connectivity index (χ0n) is 11.1. The Labute approximate surface area is 114 Å². The average molecular weight is 253 g/mol. The van der Waals surface area contributed by atoms with Crippen LogP contribution < -0.4 is 5.73 Å². The van der Waals surface area contributed by atoms with Gasteiger partial charge in [0.15, 0.2) is 0 Å². The van der Waals surface area contributed by atoms with Gasteiger partial charge in [-0.3, -0.25) is 4.98 Å². The van der Waals surface area contributed by atoms with Crippen LogP contribution in [0.25, 0.3) is 0 Å². The van der Waals surface area contributed by atoms with Crippen molar-refractivity contribution < 1.29 is 0 Å². The highest BCUT2D eigenvalue weighted by Gasteiger charge is 2.10. The molecule has 0 aliphatic rings. The molecule has 0 saturated heterocycles. The number of nitrogens with two attached hydrogens (primary N) is 1. The van der Waals surface area contributed by atoms with Gasteiger partial charge in [0.25, 0.3) is 0 Å². The Hall–Kier alpha value is -2.16. The zero-order chi connectivity index (χ0) is 13.7. The Bertz CT molecular complexity index is 532. The predicted octanol–water partition coefficient (Wildman–Crippen LogP) is 3.42. The van der Waals surface area contributed by atoms with Crippen molar-refractivity contribution in [3.8, 4) is 0 Å². The lowest BCUT2D eigenvalue weighted by Gasteiger charge is -2.12. The highest BCUT2D eigenvalue weighted by atomic mass is 14.7. The lowest BCUT2D eigenvalue weighted by Crippen LogP contribution is -2.08. The van der Waals surface area contributed by atoms with E-state index in [-0.39, 0.29) is 5.92 Å². The number of nitrogens with one attached hydrogen (secondary N) is 1. The first-order chi connectivity index (χ1) is 9.15. The molecule has 1 atom stereocenters. The molecule has 19 heavy (non-hydrogen) atoms. The molecule has 3 heteroatoms. The summed E-state index contributed by atoms with van der Waals surface area (Å²) >= 11 is 0. The second-order valence-corrected chi connectivity index (χ2v) is 4.89. The number of anilines is 1. The van der Waals surface area contributed by atoms with Crippen LogP contribution in [0, 0.1) is 5.41 Å². The second kappa shape index (κ2) is 6.14. The van der Waals surface area contributed by atoms with Crippen molar-refractivity contribution in [2.75, 3.05) is 5.73 Å². The SMILES string of the molecule is CC(CC(=N)Cc1ccccc1)c1ccc(N)cn1. The van der Waals surface area contributed by atoms with Crippen molar-refractivity contribution in [2.45, 2.75) is 25.7 Å². The number of pyridine rings is 1. The maximum absolute atomic E-state index is 8.10. The van der Waals surface area contributed by atoms with Gasteiger partial charge in [0.1, 0.15) is 0 Å². The van der Waals surface area contributed by atoms with Crippen molar-refractivity contribution >= 4 is 11.4 Å². The maximum atomic E-state index is 8.10. The van der Waals surface area contributed by atoms with Crippen LogP contribution in [-0.4, -0.2) is 10.7 Å². The molecule has 3 nitrogen and oxygen atoms in total. The Kier molecular flexibility index (Phi) is 4.29. The molecule has 0 aliphatic carbocycles. The van der Waals surface area contributed by atoms with Gasteiger partial charge in [0.05, 0.1) is 11.9 Å². The molecule has 1 aromatic heterocycles. The van der Waals surface area contributed by atoms with Crippen LogP contribution in [0.4, 0.5) is 5.69 Å². The van der Waals surface area contributed by atoms with E-state index in [2.05, 4.69) is 24.0 Å². The van der Waals surface area contributed by atoms with E-state index in [1.807, 2.05) is 30.3 Å². The summed E-state index contributed by atoms with van der Waals surface area (Å²) in [5.41, 5.74) is 9.21. The molecule has 0 fully saturated rings. The van der Waals surface area contributed by atoms with Gasteiger partial charge in [0, 0.05) is 23.7 Å². The van der Waals surface area contributed by atoms with Gasteiger partial charge in [-0.25, -0.2) is 0 Å². The van der Waals surface area contributed by atoms with Crippen molar-refractivity contribution in [2.24, 2.45) is 0 Å². The minimum atomic E-state index is 0.247. The Balaban J connectivity index is 1.93. The van der Waals surface area contributed by atoms with E-state index in [9.17, 15) is 0 Å². The molecule has 1 unspecified atom stereocenters.